The van der Waals surface area contributed by atoms with Crippen LogP contribution in [0.2, 0.25) is 10.0 Å². The summed E-state index contributed by atoms with van der Waals surface area (Å²) in [6, 6.07) is 8.47. The van der Waals surface area contributed by atoms with Crippen LogP contribution in [0.5, 0.6) is 5.75 Å². The van der Waals surface area contributed by atoms with E-state index in [-0.39, 0.29) is 5.75 Å². The fraction of sp³-hybridized carbons (Fsp3) is 0.0667. The number of aromatic nitrogens is 1. The highest BCUT2D eigenvalue weighted by Gasteiger charge is 2.01. The Bertz CT molecular complexity index is 682. The molecule has 0 fully saturated rings. The lowest BCUT2D eigenvalue weighted by atomic mass is 10.2. The van der Waals surface area contributed by atoms with Crippen LogP contribution in [0.25, 0.3) is 6.08 Å². The third kappa shape index (κ3) is 4.77. The lowest BCUT2D eigenvalue weighted by molar-refractivity contribution is 0.475. The zero-order valence-electron chi connectivity index (χ0n) is 11.2. The Kier molecular flexibility index (Phi) is 5.20. The number of nitrogens with zero attached hydrogens (tertiary/aromatic N) is 2. The Balaban J connectivity index is 2.02. The van der Waals surface area contributed by atoms with E-state index in [0.717, 1.165) is 11.3 Å². The standard InChI is InChI=1S/C15H13Cl2N3O/c1-10(2-3-11-4-6-13(21)7-5-11)19-20-15-14(17)8-12(16)9-18-15/h2-9,21H,1H3,(H,18,20)/b3-2+,19-10+. The van der Waals surface area contributed by atoms with Crippen molar-refractivity contribution in [1.82, 2.24) is 4.98 Å². The van der Waals surface area contributed by atoms with Crippen LogP contribution >= 0.6 is 23.2 Å². The van der Waals surface area contributed by atoms with Crippen molar-refractivity contribution in [3.05, 3.63) is 58.2 Å². The molecule has 2 N–H and O–H groups in total. The molecule has 1 aromatic heterocycles. The molecule has 0 saturated carbocycles. The second kappa shape index (κ2) is 7.11. The average Bonchev–Trinajstić information content (AvgIpc) is 2.46. The van der Waals surface area contributed by atoms with Crippen molar-refractivity contribution in [2.75, 3.05) is 5.43 Å². The van der Waals surface area contributed by atoms with E-state index in [1.54, 1.807) is 18.2 Å². The van der Waals surface area contributed by atoms with E-state index in [4.69, 9.17) is 23.2 Å². The Morgan fingerprint density at radius 1 is 1.29 bits per heavy atom. The summed E-state index contributed by atoms with van der Waals surface area (Å²) in [5.41, 5.74) is 4.49. The highest BCUT2D eigenvalue weighted by molar-refractivity contribution is 6.35. The maximum Gasteiger partial charge on any atom is 0.165 e. The SMILES string of the molecule is CC(/C=C/c1ccc(O)cc1)=N\Nc1ncc(Cl)cc1Cl. The van der Waals surface area contributed by atoms with Gasteiger partial charge in [-0.2, -0.15) is 5.10 Å². The maximum atomic E-state index is 9.20. The highest BCUT2D eigenvalue weighted by atomic mass is 35.5. The van der Waals surface area contributed by atoms with E-state index in [1.807, 2.05) is 31.2 Å². The smallest absolute Gasteiger partial charge is 0.165 e. The van der Waals surface area contributed by atoms with E-state index in [1.165, 1.54) is 6.20 Å². The fourth-order valence-corrected chi connectivity index (χ4v) is 1.90. The molecule has 0 aliphatic heterocycles. The Labute approximate surface area is 132 Å². The number of phenols is 1. The van der Waals surface area contributed by atoms with Crippen LogP contribution in [0, 0.1) is 0 Å². The summed E-state index contributed by atoms with van der Waals surface area (Å²) in [5.74, 6) is 0.682. The van der Waals surface area contributed by atoms with Gasteiger partial charge < -0.3 is 5.11 Å². The van der Waals surface area contributed by atoms with Crippen molar-refractivity contribution < 1.29 is 5.11 Å². The third-order valence-corrected chi connectivity index (χ3v) is 3.05. The second-order valence-electron chi connectivity index (χ2n) is 4.27. The largest absolute Gasteiger partial charge is 0.508 e. The molecule has 1 heterocycles. The number of hydrogen-bond donors (Lipinski definition) is 2. The van der Waals surface area contributed by atoms with Gasteiger partial charge in [-0.1, -0.05) is 41.4 Å². The predicted octanol–water partition coefficient (Wildman–Crippen LogP) is 4.60. The zero-order valence-corrected chi connectivity index (χ0v) is 12.7. The van der Waals surface area contributed by atoms with Gasteiger partial charge >= 0.3 is 0 Å². The van der Waals surface area contributed by atoms with Gasteiger partial charge in [0.1, 0.15) is 5.75 Å². The first-order valence-corrected chi connectivity index (χ1v) is 6.88. The monoisotopic (exact) mass is 321 g/mol. The lowest BCUT2D eigenvalue weighted by Gasteiger charge is -2.02. The Morgan fingerprint density at radius 2 is 2.00 bits per heavy atom. The maximum absolute atomic E-state index is 9.20. The lowest BCUT2D eigenvalue weighted by Crippen LogP contribution is -1.97. The minimum atomic E-state index is 0.239. The van der Waals surface area contributed by atoms with E-state index in [2.05, 4.69) is 15.5 Å². The predicted molar refractivity (Wildman–Crippen MR) is 88.1 cm³/mol. The minimum Gasteiger partial charge on any atom is -0.508 e. The molecular formula is C15H13Cl2N3O. The van der Waals surface area contributed by atoms with Crippen molar-refractivity contribution in [3.63, 3.8) is 0 Å². The third-order valence-electron chi connectivity index (χ3n) is 2.56. The topological polar surface area (TPSA) is 57.5 Å². The molecule has 0 aliphatic rings. The van der Waals surface area contributed by atoms with Crippen molar-refractivity contribution in [3.8, 4) is 5.75 Å². The van der Waals surface area contributed by atoms with Crippen LogP contribution in [0.1, 0.15) is 12.5 Å². The molecule has 0 amide bonds. The molecule has 0 atom stereocenters. The van der Waals surface area contributed by atoms with Gasteiger partial charge in [0.2, 0.25) is 0 Å². The Morgan fingerprint density at radius 3 is 2.67 bits per heavy atom. The van der Waals surface area contributed by atoms with Crippen LogP contribution in [0.4, 0.5) is 5.82 Å². The number of rotatable bonds is 4. The summed E-state index contributed by atoms with van der Waals surface area (Å²) in [7, 11) is 0. The highest BCUT2D eigenvalue weighted by Crippen LogP contribution is 2.22. The van der Waals surface area contributed by atoms with Crippen LogP contribution < -0.4 is 5.43 Å². The van der Waals surface area contributed by atoms with E-state index < -0.39 is 0 Å². The molecule has 4 nitrogen and oxygen atoms in total. The van der Waals surface area contributed by atoms with Gasteiger partial charge in [0.25, 0.3) is 0 Å². The summed E-state index contributed by atoms with van der Waals surface area (Å²) >= 11 is 11.7. The molecule has 108 valence electrons. The Hall–Kier alpha value is -2.04. The average molecular weight is 322 g/mol. The summed E-state index contributed by atoms with van der Waals surface area (Å²) in [4.78, 5) is 4.04. The van der Waals surface area contributed by atoms with Crippen molar-refractivity contribution in [2.24, 2.45) is 5.10 Å². The molecule has 0 saturated heterocycles. The number of pyridine rings is 1. The number of hydrogen-bond acceptors (Lipinski definition) is 4. The van der Waals surface area contributed by atoms with Crippen LogP contribution in [-0.4, -0.2) is 15.8 Å². The first-order valence-electron chi connectivity index (χ1n) is 6.13. The molecule has 0 bridgehead atoms. The van der Waals surface area contributed by atoms with Gasteiger partial charge in [-0.15, -0.1) is 0 Å². The molecular weight excluding hydrogens is 309 g/mol. The molecule has 2 aromatic rings. The van der Waals surface area contributed by atoms with Crippen molar-refractivity contribution in [2.45, 2.75) is 6.92 Å². The first-order chi connectivity index (χ1) is 10.0. The van der Waals surface area contributed by atoms with Gasteiger partial charge in [0.15, 0.2) is 5.82 Å². The molecule has 6 heteroatoms. The molecule has 0 spiro atoms. The van der Waals surface area contributed by atoms with Gasteiger partial charge in [0.05, 0.1) is 15.8 Å². The molecule has 0 unspecified atom stereocenters. The molecule has 0 radical (unpaired) electrons. The summed E-state index contributed by atoms with van der Waals surface area (Å²) < 4.78 is 0. The van der Waals surface area contributed by atoms with Gasteiger partial charge in [-0.3, -0.25) is 5.43 Å². The van der Waals surface area contributed by atoms with Crippen LogP contribution in [0.15, 0.2) is 47.7 Å². The van der Waals surface area contributed by atoms with E-state index in [9.17, 15) is 5.11 Å². The van der Waals surface area contributed by atoms with Gasteiger partial charge in [0, 0.05) is 6.20 Å². The van der Waals surface area contributed by atoms with Gasteiger partial charge in [-0.25, -0.2) is 4.98 Å². The fourth-order valence-electron chi connectivity index (χ4n) is 1.48. The molecule has 1 aromatic carbocycles. The number of aromatic hydroxyl groups is 1. The number of halogens is 2. The first kappa shape index (κ1) is 15.4. The number of anilines is 1. The van der Waals surface area contributed by atoms with E-state index in [0.29, 0.717) is 15.9 Å². The summed E-state index contributed by atoms with van der Waals surface area (Å²) in [6.45, 7) is 1.84. The second-order valence-corrected chi connectivity index (χ2v) is 5.12. The quantitative estimate of drug-likeness (QED) is 0.639. The molecule has 21 heavy (non-hydrogen) atoms. The number of hydrazone groups is 1. The zero-order chi connectivity index (χ0) is 15.2. The van der Waals surface area contributed by atoms with Crippen molar-refractivity contribution >= 4 is 40.8 Å². The van der Waals surface area contributed by atoms with E-state index >= 15 is 0 Å². The normalized spacial score (nSPS) is 11.9. The minimum absolute atomic E-state index is 0.239. The molecule has 0 aliphatic carbocycles. The number of allylic oxidation sites excluding steroid dienone is 1. The number of nitrogens with one attached hydrogen (secondary N) is 1. The summed E-state index contributed by atoms with van der Waals surface area (Å²) in [6.07, 6.45) is 5.22. The van der Waals surface area contributed by atoms with Gasteiger partial charge in [-0.05, 0) is 36.8 Å². The van der Waals surface area contributed by atoms with Crippen LogP contribution in [0.3, 0.4) is 0 Å². The number of benzene rings is 1. The van der Waals surface area contributed by atoms with Crippen LogP contribution in [-0.2, 0) is 0 Å². The summed E-state index contributed by atoms with van der Waals surface area (Å²) in [5, 5.41) is 14.2. The number of phenolic OH excluding ortho intramolecular Hbond substituents is 1. The molecule has 2 rings (SSSR count). The van der Waals surface area contributed by atoms with Crippen molar-refractivity contribution in [1.29, 1.82) is 0 Å².